The third kappa shape index (κ3) is 6.29. The van der Waals surface area contributed by atoms with Crippen LogP contribution >= 0.6 is 11.3 Å². The van der Waals surface area contributed by atoms with Gasteiger partial charge in [-0.1, -0.05) is 36.4 Å². The molecule has 2 heterocycles. The van der Waals surface area contributed by atoms with Crippen molar-refractivity contribution in [1.82, 2.24) is 15.2 Å². The summed E-state index contributed by atoms with van der Waals surface area (Å²) in [4.78, 5) is 42.0. The third-order valence-electron chi connectivity index (χ3n) is 5.72. The van der Waals surface area contributed by atoms with Crippen LogP contribution in [0.1, 0.15) is 47.7 Å². The summed E-state index contributed by atoms with van der Waals surface area (Å²) in [6, 6.07) is 15.6. The van der Waals surface area contributed by atoms with E-state index in [1.807, 2.05) is 40.6 Å². The van der Waals surface area contributed by atoms with Crippen LogP contribution in [0.3, 0.4) is 0 Å². The summed E-state index contributed by atoms with van der Waals surface area (Å²) in [7, 11) is 0. The summed E-state index contributed by atoms with van der Waals surface area (Å²) in [6.07, 6.45) is 3.28. The van der Waals surface area contributed by atoms with Gasteiger partial charge in [0.25, 0.3) is 5.91 Å². The first-order valence-corrected chi connectivity index (χ1v) is 12.3. The number of nitrogens with zero attached hydrogens (tertiary/aromatic N) is 2. The van der Waals surface area contributed by atoms with Crippen LogP contribution in [-0.2, 0) is 22.6 Å². The molecule has 176 valence electrons. The second kappa shape index (κ2) is 11.1. The Balaban J connectivity index is 1.33. The second-order valence-corrected chi connectivity index (χ2v) is 9.25. The Bertz CT molecular complexity index is 1170. The Labute approximate surface area is 203 Å². The Morgan fingerprint density at radius 2 is 1.94 bits per heavy atom. The number of anilines is 1. The van der Waals surface area contributed by atoms with Crippen molar-refractivity contribution in [2.24, 2.45) is 0 Å². The molecule has 2 N–H and O–H groups in total. The summed E-state index contributed by atoms with van der Waals surface area (Å²) in [5, 5.41) is 8.16. The molecule has 0 atom stereocenters. The smallest absolute Gasteiger partial charge is 0.257 e. The van der Waals surface area contributed by atoms with Gasteiger partial charge in [0.1, 0.15) is 0 Å². The van der Waals surface area contributed by atoms with E-state index >= 15 is 0 Å². The van der Waals surface area contributed by atoms with E-state index in [1.54, 1.807) is 6.07 Å². The van der Waals surface area contributed by atoms with Crippen molar-refractivity contribution in [3.63, 3.8) is 0 Å². The Morgan fingerprint density at radius 1 is 1.12 bits per heavy atom. The lowest BCUT2D eigenvalue weighted by Crippen LogP contribution is -2.24. The zero-order valence-electron chi connectivity index (χ0n) is 19.2. The molecule has 0 aliphatic carbocycles. The van der Waals surface area contributed by atoms with Crippen molar-refractivity contribution in [1.29, 1.82) is 0 Å². The first kappa shape index (κ1) is 23.6. The van der Waals surface area contributed by atoms with E-state index in [9.17, 15) is 14.4 Å². The number of rotatable bonds is 9. The number of likely N-dealkylation sites (tertiary alicyclic amines) is 1. The lowest BCUT2D eigenvalue weighted by atomic mass is 10.1. The molecule has 2 aromatic carbocycles. The maximum atomic E-state index is 12.8. The fourth-order valence-electron chi connectivity index (χ4n) is 3.93. The molecule has 1 aromatic heterocycles. The van der Waals surface area contributed by atoms with Gasteiger partial charge in [-0.2, -0.15) is 0 Å². The number of hydrogen-bond donors (Lipinski definition) is 2. The maximum absolute atomic E-state index is 12.8. The molecule has 34 heavy (non-hydrogen) atoms. The molecule has 0 radical (unpaired) electrons. The van der Waals surface area contributed by atoms with E-state index in [0.29, 0.717) is 30.2 Å². The monoisotopic (exact) mass is 476 g/mol. The van der Waals surface area contributed by atoms with E-state index < -0.39 is 0 Å². The molecule has 3 aromatic rings. The number of benzene rings is 2. The number of thiazole rings is 1. The van der Waals surface area contributed by atoms with Crippen molar-refractivity contribution in [3.8, 4) is 11.3 Å². The van der Waals surface area contributed by atoms with Gasteiger partial charge < -0.3 is 10.2 Å². The molecule has 8 heteroatoms. The lowest BCUT2D eigenvalue weighted by Gasteiger charge is -2.15. The van der Waals surface area contributed by atoms with Crippen LogP contribution in [0.25, 0.3) is 11.3 Å². The Morgan fingerprint density at radius 3 is 2.68 bits per heavy atom. The minimum atomic E-state index is -0.218. The number of amides is 3. The van der Waals surface area contributed by atoms with Crippen LogP contribution in [0.15, 0.2) is 53.9 Å². The number of hydrogen-bond acceptors (Lipinski definition) is 5. The van der Waals surface area contributed by atoms with Gasteiger partial charge in [0, 0.05) is 49.5 Å². The highest BCUT2D eigenvalue weighted by molar-refractivity contribution is 7.14. The minimum absolute atomic E-state index is 0.00644. The Kier molecular flexibility index (Phi) is 7.69. The van der Waals surface area contributed by atoms with E-state index in [0.717, 1.165) is 42.6 Å². The quantitative estimate of drug-likeness (QED) is 0.452. The zero-order chi connectivity index (χ0) is 23.9. The minimum Gasteiger partial charge on any atom is -0.356 e. The zero-order valence-corrected chi connectivity index (χ0v) is 20.0. The van der Waals surface area contributed by atoms with Gasteiger partial charge in [-0.3, -0.25) is 19.7 Å². The average Bonchev–Trinajstić information content (AvgIpc) is 3.46. The molecule has 1 aliphatic rings. The van der Waals surface area contributed by atoms with Crippen molar-refractivity contribution in [2.45, 2.75) is 39.2 Å². The highest BCUT2D eigenvalue weighted by atomic mass is 32.1. The molecular weight excluding hydrogens is 448 g/mol. The van der Waals surface area contributed by atoms with E-state index in [-0.39, 0.29) is 17.7 Å². The van der Waals surface area contributed by atoms with Crippen LogP contribution < -0.4 is 10.6 Å². The van der Waals surface area contributed by atoms with Crippen molar-refractivity contribution >= 4 is 34.2 Å². The van der Waals surface area contributed by atoms with Crippen molar-refractivity contribution in [2.75, 3.05) is 18.4 Å². The summed E-state index contributed by atoms with van der Waals surface area (Å²) in [5.41, 5.74) is 4.49. The largest absolute Gasteiger partial charge is 0.356 e. The number of nitrogens with one attached hydrogen (secondary N) is 2. The molecule has 0 unspecified atom stereocenters. The molecule has 4 rings (SSSR count). The number of aryl methyl sites for hydroxylation is 1. The highest BCUT2D eigenvalue weighted by Crippen LogP contribution is 2.26. The normalized spacial score (nSPS) is 13.2. The maximum Gasteiger partial charge on any atom is 0.257 e. The molecule has 0 saturated carbocycles. The fourth-order valence-corrected chi connectivity index (χ4v) is 4.65. The number of aromatic nitrogens is 1. The predicted octanol–water partition coefficient (Wildman–Crippen LogP) is 4.25. The standard InChI is InChI=1S/C26H28N4O3S/c1-18(31)27-13-3-6-19-9-11-21(12-10-19)23-17-34-26(28-23)29-25(33)22-7-2-5-20(15-22)16-30-14-4-8-24(30)32/h2,5,7,9-12,15,17H,3-4,6,8,13-14,16H2,1H3,(H,27,31)(H,28,29,33). The van der Waals surface area contributed by atoms with E-state index in [1.165, 1.54) is 23.8 Å². The molecule has 7 nitrogen and oxygen atoms in total. The molecule has 0 spiro atoms. The van der Waals surface area contributed by atoms with Crippen LogP contribution in [0, 0.1) is 0 Å². The van der Waals surface area contributed by atoms with Gasteiger partial charge in [0.2, 0.25) is 11.8 Å². The van der Waals surface area contributed by atoms with Crippen molar-refractivity contribution in [3.05, 3.63) is 70.6 Å². The molecule has 0 bridgehead atoms. The summed E-state index contributed by atoms with van der Waals surface area (Å²) in [6.45, 7) is 3.50. The summed E-state index contributed by atoms with van der Waals surface area (Å²) < 4.78 is 0. The van der Waals surface area contributed by atoms with Gasteiger partial charge in [-0.25, -0.2) is 4.98 Å². The van der Waals surface area contributed by atoms with Gasteiger partial charge in [0.05, 0.1) is 5.69 Å². The van der Waals surface area contributed by atoms with Crippen LogP contribution in [0.5, 0.6) is 0 Å². The van der Waals surface area contributed by atoms with E-state index in [2.05, 4.69) is 27.8 Å². The second-order valence-electron chi connectivity index (χ2n) is 8.39. The van der Waals surface area contributed by atoms with E-state index in [4.69, 9.17) is 0 Å². The first-order valence-electron chi connectivity index (χ1n) is 11.5. The number of carbonyl (C=O) groups is 3. The molecule has 1 aliphatic heterocycles. The predicted molar refractivity (Wildman–Crippen MR) is 134 cm³/mol. The van der Waals surface area contributed by atoms with Gasteiger partial charge in [-0.05, 0) is 42.5 Å². The third-order valence-corrected chi connectivity index (χ3v) is 6.48. The lowest BCUT2D eigenvalue weighted by molar-refractivity contribution is -0.128. The molecule has 1 saturated heterocycles. The summed E-state index contributed by atoms with van der Waals surface area (Å²) >= 11 is 1.39. The summed E-state index contributed by atoms with van der Waals surface area (Å²) in [5.74, 6) is -0.0544. The van der Waals surface area contributed by atoms with Crippen LogP contribution in [-0.4, -0.2) is 40.7 Å². The average molecular weight is 477 g/mol. The van der Waals surface area contributed by atoms with Gasteiger partial charge in [0.15, 0.2) is 5.13 Å². The van der Waals surface area contributed by atoms with Crippen LogP contribution in [0.2, 0.25) is 0 Å². The SMILES string of the molecule is CC(=O)NCCCc1ccc(-c2csc(NC(=O)c3cccc(CN4CCCC4=O)c3)n2)cc1. The van der Waals surface area contributed by atoms with Gasteiger partial charge >= 0.3 is 0 Å². The van der Waals surface area contributed by atoms with Crippen LogP contribution in [0.4, 0.5) is 5.13 Å². The number of carbonyl (C=O) groups excluding carboxylic acids is 3. The molecule has 1 fully saturated rings. The Hall–Kier alpha value is -3.52. The molecular formula is C26H28N4O3S. The van der Waals surface area contributed by atoms with Crippen molar-refractivity contribution < 1.29 is 14.4 Å². The van der Waals surface area contributed by atoms with Gasteiger partial charge in [-0.15, -0.1) is 11.3 Å². The topological polar surface area (TPSA) is 91.4 Å². The highest BCUT2D eigenvalue weighted by Gasteiger charge is 2.20. The fraction of sp³-hybridized carbons (Fsp3) is 0.308. The molecule has 3 amide bonds. The first-order chi connectivity index (χ1) is 16.5.